The Hall–Kier alpha value is -3.52. The molecule has 0 radical (unpaired) electrons. The van der Waals surface area contributed by atoms with E-state index in [0.29, 0.717) is 61.4 Å². The monoisotopic (exact) mass is 717 g/mol. The van der Waals surface area contributed by atoms with Crippen molar-refractivity contribution in [1.82, 2.24) is 9.62 Å². The first-order valence-corrected chi connectivity index (χ1v) is 18.6. The molecule has 2 bridgehead atoms. The summed E-state index contributed by atoms with van der Waals surface area (Å²) in [6.07, 6.45) is 5.72. The van der Waals surface area contributed by atoms with Gasteiger partial charge in [-0.25, -0.2) is 17.9 Å². The molecule has 49 heavy (non-hydrogen) atoms. The number of likely N-dealkylation sites (tertiary alicyclic amines) is 1. The van der Waals surface area contributed by atoms with E-state index in [4.69, 9.17) is 35.3 Å². The first-order chi connectivity index (χ1) is 23.4. The number of nitrogens with one attached hydrogen (secondary N) is 1. The third-order valence-electron chi connectivity index (χ3n) is 9.79. The van der Waals surface area contributed by atoms with Gasteiger partial charge in [-0.2, -0.15) is 0 Å². The van der Waals surface area contributed by atoms with Crippen LogP contribution in [0.2, 0.25) is 5.02 Å². The Bertz CT molecular complexity index is 1680. The topological polar surface area (TPSA) is 133 Å². The van der Waals surface area contributed by atoms with Gasteiger partial charge in [0.25, 0.3) is 15.9 Å². The van der Waals surface area contributed by atoms with Gasteiger partial charge in [-0.05, 0) is 81.9 Å². The standard InChI is InChI=1S/C35H44ClN3O9S/c1-35(2)33(40)37-49(42,43)27-10-12-31-29(19-27)38(14-5-16-45-32-18-25(36)9-7-24(32)22-46-31)20-23-8-11-28(23)30(6-4-17-47-35)48-34(41)39-15-13-26(21-39)44-3/h4,6-7,9-10,12,18-19,23,26,28,30H,5,8,11,13-17,20-22H2,1-3H3,(H,37,40)/b6-4+/t23-,26+,28+,30-/m0/s1. The number of methoxy groups -OCH3 is 1. The molecule has 3 aliphatic heterocycles. The van der Waals surface area contributed by atoms with E-state index in [-0.39, 0.29) is 36.0 Å². The van der Waals surface area contributed by atoms with E-state index in [1.54, 1.807) is 42.4 Å². The lowest BCUT2D eigenvalue weighted by Crippen LogP contribution is -2.47. The predicted octanol–water partition coefficient (Wildman–Crippen LogP) is 4.93. The maximum atomic E-state index is 13.6. The minimum absolute atomic E-state index is 0.00218. The number of carbonyl (C=O) groups excluding carboxylic acids is 2. The van der Waals surface area contributed by atoms with Gasteiger partial charge < -0.3 is 33.5 Å². The Morgan fingerprint density at radius 1 is 1.04 bits per heavy atom. The van der Waals surface area contributed by atoms with Gasteiger partial charge in [0.15, 0.2) is 0 Å². The molecule has 0 aromatic heterocycles. The van der Waals surface area contributed by atoms with Gasteiger partial charge >= 0.3 is 6.09 Å². The molecule has 266 valence electrons. The number of anilines is 1. The van der Waals surface area contributed by atoms with E-state index in [2.05, 4.69) is 9.62 Å². The van der Waals surface area contributed by atoms with Crippen LogP contribution in [0.3, 0.4) is 0 Å². The lowest BCUT2D eigenvalue weighted by atomic mass is 9.70. The number of sulfonamides is 1. The largest absolute Gasteiger partial charge is 0.493 e. The number of halogens is 1. The maximum absolute atomic E-state index is 13.6. The van der Waals surface area contributed by atoms with Crippen molar-refractivity contribution in [2.75, 3.05) is 51.4 Å². The van der Waals surface area contributed by atoms with E-state index in [9.17, 15) is 18.0 Å². The molecule has 2 fully saturated rings. The molecule has 4 atom stereocenters. The van der Waals surface area contributed by atoms with Crippen LogP contribution in [-0.4, -0.2) is 89.6 Å². The summed E-state index contributed by atoms with van der Waals surface area (Å²) in [5.74, 6) is 0.424. The van der Waals surface area contributed by atoms with Crippen molar-refractivity contribution in [2.24, 2.45) is 11.8 Å². The molecule has 4 aliphatic rings. The van der Waals surface area contributed by atoms with Crippen LogP contribution in [0, 0.1) is 11.8 Å². The quantitative estimate of drug-likeness (QED) is 0.427. The van der Waals surface area contributed by atoms with E-state index in [0.717, 1.165) is 24.8 Å². The molecule has 0 unspecified atom stereocenters. The van der Waals surface area contributed by atoms with Crippen LogP contribution < -0.4 is 19.1 Å². The van der Waals surface area contributed by atoms with Crippen LogP contribution in [0.25, 0.3) is 0 Å². The van der Waals surface area contributed by atoms with E-state index < -0.39 is 33.7 Å². The van der Waals surface area contributed by atoms with Crippen molar-refractivity contribution in [3.8, 4) is 11.5 Å². The van der Waals surface area contributed by atoms with Gasteiger partial charge in [0.05, 0.1) is 36.4 Å². The van der Waals surface area contributed by atoms with Gasteiger partial charge in [0.1, 0.15) is 29.8 Å². The molecule has 12 nitrogen and oxygen atoms in total. The molecular weight excluding hydrogens is 674 g/mol. The summed E-state index contributed by atoms with van der Waals surface area (Å²) in [5.41, 5.74) is -0.101. The van der Waals surface area contributed by atoms with E-state index >= 15 is 0 Å². The van der Waals surface area contributed by atoms with Crippen molar-refractivity contribution in [2.45, 2.75) is 68.8 Å². The molecule has 1 saturated heterocycles. The molecule has 6 rings (SSSR count). The number of fused-ring (bicyclic) bond motifs is 3. The third-order valence-corrected chi connectivity index (χ3v) is 11.4. The lowest BCUT2D eigenvalue weighted by molar-refractivity contribution is -0.139. The van der Waals surface area contributed by atoms with E-state index in [1.165, 1.54) is 19.9 Å². The predicted molar refractivity (Wildman–Crippen MR) is 183 cm³/mol. The Labute approximate surface area is 292 Å². The van der Waals surface area contributed by atoms with Gasteiger partial charge in [0.2, 0.25) is 0 Å². The highest BCUT2D eigenvalue weighted by molar-refractivity contribution is 7.90. The molecule has 1 saturated carbocycles. The van der Waals surface area contributed by atoms with Crippen LogP contribution in [0.4, 0.5) is 10.5 Å². The van der Waals surface area contributed by atoms with Crippen molar-refractivity contribution < 1.29 is 41.7 Å². The van der Waals surface area contributed by atoms with Gasteiger partial charge in [0, 0.05) is 43.2 Å². The van der Waals surface area contributed by atoms with Crippen LogP contribution in [0.1, 0.15) is 45.1 Å². The minimum atomic E-state index is -4.27. The summed E-state index contributed by atoms with van der Waals surface area (Å²) in [4.78, 5) is 30.3. The van der Waals surface area contributed by atoms with Crippen LogP contribution >= 0.6 is 11.6 Å². The second-order valence-electron chi connectivity index (χ2n) is 13.4. The van der Waals surface area contributed by atoms with Crippen molar-refractivity contribution in [3.05, 3.63) is 59.1 Å². The summed E-state index contributed by atoms with van der Waals surface area (Å²) in [6, 6.07) is 9.98. The fraction of sp³-hybridized carbons (Fsp3) is 0.543. The second-order valence-corrected chi connectivity index (χ2v) is 15.6. The number of rotatable bonds is 2. The summed E-state index contributed by atoms with van der Waals surface area (Å²) >= 11 is 6.26. The Morgan fingerprint density at radius 2 is 1.88 bits per heavy atom. The molecule has 2 aromatic carbocycles. The molecule has 1 aliphatic carbocycles. The highest BCUT2D eigenvalue weighted by Crippen LogP contribution is 2.42. The molecule has 14 heteroatoms. The molecule has 3 heterocycles. The number of hydrogen-bond acceptors (Lipinski definition) is 10. The van der Waals surface area contributed by atoms with Gasteiger partial charge in [-0.3, -0.25) is 4.79 Å². The van der Waals surface area contributed by atoms with Crippen LogP contribution in [0.15, 0.2) is 53.4 Å². The number of carbonyl (C=O) groups is 2. The van der Waals surface area contributed by atoms with Crippen LogP contribution in [0.5, 0.6) is 11.5 Å². The summed E-state index contributed by atoms with van der Waals surface area (Å²) in [5, 5.41) is 0.550. The average molecular weight is 718 g/mol. The van der Waals surface area contributed by atoms with Crippen LogP contribution in [-0.2, 0) is 35.6 Å². The zero-order valence-electron chi connectivity index (χ0n) is 28.1. The fourth-order valence-corrected chi connectivity index (χ4v) is 7.90. The van der Waals surface area contributed by atoms with Crippen molar-refractivity contribution >= 4 is 39.3 Å². The first kappa shape index (κ1) is 35.3. The Balaban J connectivity index is 1.35. The summed E-state index contributed by atoms with van der Waals surface area (Å²) in [6.45, 7) is 5.70. The number of hydrogen-bond donors (Lipinski definition) is 1. The highest BCUT2D eigenvalue weighted by Gasteiger charge is 2.41. The third kappa shape index (κ3) is 8.11. The average Bonchev–Trinajstić information content (AvgIpc) is 3.53. The SMILES string of the molecule is CO[C@@H]1CCN(C(=O)O[C@H]2/C=C/COC(C)(C)C(=O)NS(=O)(=O)c3ccc4c(c3)N(CCCOc3cc(Cl)ccc3CO4)C[C@@H]3CC[C@H]32)C1. The minimum Gasteiger partial charge on any atom is -0.493 e. The molecule has 2 aromatic rings. The maximum Gasteiger partial charge on any atom is 0.410 e. The van der Waals surface area contributed by atoms with Crippen molar-refractivity contribution in [3.63, 3.8) is 0 Å². The lowest BCUT2D eigenvalue weighted by Gasteiger charge is -2.43. The Kier molecular flexibility index (Phi) is 10.6. The highest BCUT2D eigenvalue weighted by atomic mass is 35.5. The molecular formula is C35H44ClN3O9S. The first-order valence-electron chi connectivity index (χ1n) is 16.7. The second kappa shape index (κ2) is 14.8. The van der Waals surface area contributed by atoms with E-state index in [1.807, 2.05) is 12.1 Å². The molecule has 2 amide bonds. The summed E-state index contributed by atoms with van der Waals surface area (Å²) < 4.78 is 59.3. The van der Waals surface area contributed by atoms with Gasteiger partial charge in [-0.1, -0.05) is 23.7 Å². The number of ether oxygens (including phenoxy) is 5. The zero-order valence-corrected chi connectivity index (χ0v) is 29.6. The number of nitrogens with zero attached hydrogens (tertiary/aromatic N) is 2. The van der Waals surface area contributed by atoms with Crippen molar-refractivity contribution in [1.29, 1.82) is 0 Å². The fourth-order valence-electron chi connectivity index (χ4n) is 6.62. The molecule has 1 N–H and O–H groups in total. The summed E-state index contributed by atoms with van der Waals surface area (Å²) in [7, 11) is -2.62. The Morgan fingerprint density at radius 3 is 2.63 bits per heavy atom. The normalized spacial score (nSPS) is 27.5. The number of benzene rings is 2. The smallest absolute Gasteiger partial charge is 0.410 e. The zero-order chi connectivity index (χ0) is 34.8. The molecule has 0 spiro atoms. The van der Waals surface area contributed by atoms with Gasteiger partial charge in [-0.15, -0.1) is 0 Å². The number of amides is 2.